The van der Waals surface area contributed by atoms with Gasteiger partial charge >= 0.3 is 5.97 Å². The number of hydrogen-bond acceptors (Lipinski definition) is 2. The van der Waals surface area contributed by atoms with Crippen molar-refractivity contribution in [1.29, 1.82) is 0 Å². The lowest BCUT2D eigenvalue weighted by Gasteiger charge is -1.68. The van der Waals surface area contributed by atoms with E-state index < -0.39 is 5.97 Å². The van der Waals surface area contributed by atoms with Crippen LogP contribution in [0.4, 0.5) is 0 Å². The van der Waals surface area contributed by atoms with Gasteiger partial charge in [-0.15, -0.1) is 0 Å². The first-order chi connectivity index (χ1) is 3.27. The molecular weight excluding hydrogens is 112 g/mol. The fourth-order valence-electron chi connectivity index (χ4n) is 0.122. The molecule has 0 saturated carbocycles. The van der Waals surface area contributed by atoms with Gasteiger partial charge in [0.1, 0.15) is 6.29 Å². The van der Waals surface area contributed by atoms with Crippen LogP contribution in [-0.2, 0) is 9.59 Å². The summed E-state index contributed by atoms with van der Waals surface area (Å²) in [6.45, 7) is 0. The highest BCUT2D eigenvalue weighted by atomic mass is 16.4. The van der Waals surface area contributed by atoms with Crippen LogP contribution < -0.4 is 0 Å². The second-order valence-electron chi connectivity index (χ2n) is 0.833. The molecule has 46 valence electrons. The fraction of sp³-hybridized carbons (Fsp3) is 0. The standard InChI is InChI=1S/C4H4O3.H2O/c5-3-1-2-4(6)7;/h1-3H,(H,6,7);1H2/b2-1+;. The molecule has 0 fully saturated rings. The number of allylic oxidation sites excluding steroid dienone is 1. The first-order valence-electron chi connectivity index (χ1n) is 1.62. The van der Waals surface area contributed by atoms with Crippen LogP contribution in [-0.4, -0.2) is 22.8 Å². The summed E-state index contributed by atoms with van der Waals surface area (Å²) in [6.07, 6.45) is 2.10. The van der Waals surface area contributed by atoms with Crippen LogP contribution in [0.3, 0.4) is 0 Å². The number of carboxylic acids is 1. The molecule has 4 heteroatoms. The second-order valence-corrected chi connectivity index (χ2v) is 0.833. The lowest BCUT2D eigenvalue weighted by atomic mass is 10.5. The van der Waals surface area contributed by atoms with Crippen LogP contribution in [0.15, 0.2) is 12.2 Å². The van der Waals surface area contributed by atoms with E-state index in [2.05, 4.69) is 0 Å². The van der Waals surface area contributed by atoms with Crippen molar-refractivity contribution in [1.82, 2.24) is 0 Å². The minimum absolute atomic E-state index is 0. The van der Waals surface area contributed by atoms with Gasteiger partial charge in [0.15, 0.2) is 0 Å². The van der Waals surface area contributed by atoms with E-state index in [9.17, 15) is 9.59 Å². The summed E-state index contributed by atoms with van der Waals surface area (Å²) in [7, 11) is 0. The lowest BCUT2D eigenvalue weighted by Crippen LogP contribution is -1.84. The van der Waals surface area contributed by atoms with Crippen molar-refractivity contribution in [2.24, 2.45) is 0 Å². The zero-order valence-electron chi connectivity index (χ0n) is 4.00. The third-order valence-electron chi connectivity index (χ3n) is 0.317. The summed E-state index contributed by atoms with van der Waals surface area (Å²) in [5.74, 6) is -1.10. The Balaban J connectivity index is 0. The average Bonchev–Trinajstić information content (AvgIpc) is 1.61. The minimum Gasteiger partial charge on any atom is -0.478 e. The summed E-state index contributed by atoms with van der Waals surface area (Å²) < 4.78 is 0. The van der Waals surface area contributed by atoms with Crippen molar-refractivity contribution >= 4 is 12.3 Å². The first kappa shape index (κ1) is 9.96. The Morgan fingerprint density at radius 3 is 2.12 bits per heavy atom. The Morgan fingerprint density at radius 1 is 1.50 bits per heavy atom. The zero-order valence-corrected chi connectivity index (χ0v) is 4.00. The van der Waals surface area contributed by atoms with Gasteiger partial charge in [0.25, 0.3) is 0 Å². The quantitative estimate of drug-likeness (QED) is 0.372. The molecule has 0 aliphatic carbocycles. The van der Waals surface area contributed by atoms with Crippen LogP contribution in [0.5, 0.6) is 0 Å². The molecule has 0 amide bonds. The van der Waals surface area contributed by atoms with Gasteiger partial charge in [0.05, 0.1) is 0 Å². The van der Waals surface area contributed by atoms with Gasteiger partial charge in [-0.1, -0.05) is 0 Å². The largest absolute Gasteiger partial charge is 0.478 e. The number of hydrogen-bond donors (Lipinski definition) is 1. The molecule has 0 unspecified atom stereocenters. The molecule has 0 aromatic carbocycles. The van der Waals surface area contributed by atoms with Crippen molar-refractivity contribution in [2.45, 2.75) is 0 Å². The van der Waals surface area contributed by atoms with Crippen molar-refractivity contribution < 1.29 is 20.2 Å². The number of aliphatic carboxylic acids is 1. The predicted molar refractivity (Wildman–Crippen MR) is 26.5 cm³/mol. The Bertz CT molecular complexity index is 105. The Morgan fingerprint density at radius 2 is 2.00 bits per heavy atom. The highest BCUT2D eigenvalue weighted by Gasteiger charge is 1.79. The van der Waals surface area contributed by atoms with E-state index in [0.717, 1.165) is 12.2 Å². The van der Waals surface area contributed by atoms with E-state index in [0.29, 0.717) is 6.29 Å². The van der Waals surface area contributed by atoms with Gasteiger partial charge in [-0.05, 0) is 6.08 Å². The Kier molecular flexibility index (Phi) is 7.27. The second kappa shape index (κ2) is 5.84. The summed E-state index contributed by atoms with van der Waals surface area (Å²) in [6, 6.07) is 0. The third kappa shape index (κ3) is 8.85. The molecule has 0 radical (unpaired) electrons. The van der Waals surface area contributed by atoms with Crippen LogP contribution >= 0.6 is 0 Å². The number of carbonyl (C=O) groups excluding carboxylic acids is 1. The molecule has 0 atom stereocenters. The molecule has 8 heavy (non-hydrogen) atoms. The average molecular weight is 118 g/mol. The number of carboxylic acid groups (broad SMARTS) is 1. The van der Waals surface area contributed by atoms with Crippen molar-refractivity contribution in [3.8, 4) is 0 Å². The third-order valence-corrected chi connectivity index (χ3v) is 0.317. The highest BCUT2D eigenvalue weighted by Crippen LogP contribution is 1.64. The van der Waals surface area contributed by atoms with Gasteiger partial charge in [-0.2, -0.15) is 0 Å². The molecule has 0 saturated heterocycles. The Hall–Kier alpha value is -1.16. The molecule has 0 heterocycles. The summed E-state index contributed by atoms with van der Waals surface area (Å²) in [5.41, 5.74) is 0. The summed E-state index contributed by atoms with van der Waals surface area (Å²) in [5, 5.41) is 7.80. The molecule has 0 spiro atoms. The van der Waals surface area contributed by atoms with Gasteiger partial charge in [0, 0.05) is 6.08 Å². The van der Waals surface area contributed by atoms with E-state index in [-0.39, 0.29) is 5.48 Å². The van der Waals surface area contributed by atoms with Crippen molar-refractivity contribution in [2.75, 3.05) is 0 Å². The molecular formula is C4H6O4. The van der Waals surface area contributed by atoms with Crippen LogP contribution in [0.1, 0.15) is 0 Å². The van der Waals surface area contributed by atoms with E-state index in [1.54, 1.807) is 0 Å². The maximum atomic E-state index is 9.51. The summed E-state index contributed by atoms with van der Waals surface area (Å²) in [4.78, 5) is 18.9. The van der Waals surface area contributed by atoms with Crippen molar-refractivity contribution in [3.63, 3.8) is 0 Å². The van der Waals surface area contributed by atoms with Crippen LogP contribution in [0, 0.1) is 0 Å². The molecule has 4 nitrogen and oxygen atoms in total. The maximum Gasteiger partial charge on any atom is 0.328 e. The molecule has 0 aromatic rings. The van der Waals surface area contributed by atoms with Gasteiger partial charge in [-0.3, -0.25) is 4.79 Å². The number of aldehydes is 1. The maximum absolute atomic E-state index is 9.51. The topological polar surface area (TPSA) is 85.9 Å². The highest BCUT2D eigenvalue weighted by molar-refractivity contribution is 5.84. The lowest BCUT2D eigenvalue weighted by molar-refractivity contribution is -0.131. The van der Waals surface area contributed by atoms with Crippen molar-refractivity contribution in [3.05, 3.63) is 12.2 Å². The van der Waals surface area contributed by atoms with Gasteiger partial charge < -0.3 is 10.6 Å². The van der Waals surface area contributed by atoms with Gasteiger partial charge in [-0.25, -0.2) is 4.79 Å². The number of rotatable bonds is 2. The van der Waals surface area contributed by atoms with E-state index in [4.69, 9.17) is 5.11 Å². The summed E-state index contributed by atoms with van der Waals surface area (Å²) >= 11 is 0. The minimum atomic E-state index is -1.10. The van der Waals surface area contributed by atoms with Gasteiger partial charge in [0.2, 0.25) is 0 Å². The molecule has 0 aromatic heterocycles. The normalized spacial score (nSPS) is 8.00. The molecule has 0 aliphatic rings. The van der Waals surface area contributed by atoms with E-state index in [1.165, 1.54) is 0 Å². The van der Waals surface area contributed by atoms with E-state index >= 15 is 0 Å². The molecule has 0 aliphatic heterocycles. The zero-order chi connectivity index (χ0) is 5.70. The molecule has 3 N–H and O–H groups in total. The first-order valence-corrected chi connectivity index (χ1v) is 1.62. The smallest absolute Gasteiger partial charge is 0.328 e. The fourth-order valence-corrected chi connectivity index (χ4v) is 0.122. The SMILES string of the molecule is O.O=C/C=C/C(=O)O. The monoisotopic (exact) mass is 118 g/mol. The number of carbonyl (C=O) groups is 2. The van der Waals surface area contributed by atoms with Crippen LogP contribution in [0.25, 0.3) is 0 Å². The molecule has 0 rings (SSSR count). The van der Waals surface area contributed by atoms with Crippen LogP contribution in [0.2, 0.25) is 0 Å². The Labute approximate surface area is 45.7 Å². The molecule has 0 bridgehead atoms. The predicted octanol–water partition coefficient (Wildman–Crippen LogP) is -0.999. The van der Waals surface area contributed by atoms with E-state index in [1.807, 2.05) is 0 Å².